The van der Waals surface area contributed by atoms with Crippen LogP contribution in [0, 0.1) is 20.8 Å². The second-order valence-electron chi connectivity index (χ2n) is 14.9. The van der Waals surface area contributed by atoms with Gasteiger partial charge in [0.15, 0.2) is 5.60 Å². The van der Waals surface area contributed by atoms with Crippen molar-refractivity contribution in [1.29, 1.82) is 0 Å². The van der Waals surface area contributed by atoms with Crippen molar-refractivity contribution in [3.63, 3.8) is 0 Å². The van der Waals surface area contributed by atoms with E-state index in [2.05, 4.69) is 106 Å². The molecular weight excluding hydrogens is 673 g/mol. The van der Waals surface area contributed by atoms with Crippen molar-refractivity contribution in [2.75, 3.05) is 61.0 Å². The Morgan fingerprint density at radius 3 is 1.81 bits per heavy atom. The van der Waals surface area contributed by atoms with E-state index < -0.39 is 5.60 Å². The molecule has 6 heteroatoms. The van der Waals surface area contributed by atoms with Crippen LogP contribution in [0.2, 0.25) is 0 Å². The first-order valence-electron chi connectivity index (χ1n) is 19.3. The third kappa shape index (κ3) is 7.09. The lowest BCUT2D eigenvalue weighted by atomic mass is 9.68. The molecule has 0 amide bonds. The van der Waals surface area contributed by atoms with E-state index in [1.807, 2.05) is 12.1 Å². The van der Waals surface area contributed by atoms with Gasteiger partial charge in [0.25, 0.3) is 0 Å². The van der Waals surface area contributed by atoms with E-state index >= 15 is 0 Å². The molecule has 282 valence electrons. The van der Waals surface area contributed by atoms with E-state index in [0.717, 1.165) is 59.3 Å². The first-order chi connectivity index (χ1) is 26.3. The minimum Gasteiger partial charge on any atom is -0.497 e. The maximum Gasteiger partial charge on any atom is 0.178 e. The van der Waals surface area contributed by atoms with Gasteiger partial charge in [0.1, 0.15) is 11.5 Å². The standard InChI is InChI=1S/C48H54O6/c1-33-9-13-36(14-10-33)48(37-15-17-38(51-6)18-16-37)24-21-41-45-44(39-19-11-34(2)31-42(39)46(41)54-48)40-20-12-35(3)32-43(40)47(45,22-7-25-52-29-27-49-4)23-8-26-53-30-28-50-5/h9-21,24,31-32H,7-8,22-23,25-30H2,1-6H3. The average molecular weight is 727 g/mol. The molecule has 0 fully saturated rings. The number of aryl methyl sites for hydroxylation is 3. The summed E-state index contributed by atoms with van der Waals surface area (Å²) in [6, 6.07) is 31.0. The summed E-state index contributed by atoms with van der Waals surface area (Å²) in [6.07, 6.45) is 8.32. The van der Waals surface area contributed by atoms with Crippen LogP contribution in [0.25, 0.3) is 28.0 Å². The zero-order valence-corrected chi connectivity index (χ0v) is 32.8. The molecule has 7 rings (SSSR count). The fourth-order valence-electron chi connectivity index (χ4n) is 8.64. The minimum atomic E-state index is -0.854. The monoisotopic (exact) mass is 726 g/mol. The zero-order valence-electron chi connectivity index (χ0n) is 32.8. The molecule has 1 aliphatic carbocycles. The van der Waals surface area contributed by atoms with Crippen molar-refractivity contribution in [3.05, 3.63) is 136 Å². The van der Waals surface area contributed by atoms with Gasteiger partial charge in [-0.05, 0) is 98.4 Å². The third-order valence-corrected chi connectivity index (χ3v) is 11.3. The van der Waals surface area contributed by atoms with Gasteiger partial charge in [-0.1, -0.05) is 89.5 Å². The lowest BCUT2D eigenvalue weighted by Crippen LogP contribution is -2.35. The molecule has 0 N–H and O–H groups in total. The molecule has 0 spiro atoms. The van der Waals surface area contributed by atoms with Gasteiger partial charge in [0.2, 0.25) is 0 Å². The number of ether oxygens (including phenoxy) is 6. The van der Waals surface area contributed by atoms with Crippen molar-refractivity contribution in [1.82, 2.24) is 0 Å². The Hall–Kier alpha value is -4.46. The molecule has 0 saturated heterocycles. The van der Waals surface area contributed by atoms with E-state index in [4.69, 9.17) is 28.4 Å². The summed E-state index contributed by atoms with van der Waals surface area (Å²) < 4.78 is 35.9. The molecule has 54 heavy (non-hydrogen) atoms. The molecule has 1 unspecified atom stereocenters. The van der Waals surface area contributed by atoms with Crippen molar-refractivity contribution in [2.24, 2.45) is 0 Å². The molecule has 0 saturated carbocycles. The van der Waals surface area contributed by atoms with Crippen molar-refractivity contribution in [3.8, 4) is 22.6 Å². The molecule has 1 aliphatic heterocycles. The zero-order chi connectivity index (χ0) is 37.7. The fraction of sp³-hybridized carbons (Fsp3) is 0.375. The van der Waals surface area contributed by atoms with E-state index in [9.17, 15) is 0 Å². The summed E-state index contributed by atoms with van der Waals surface area (Å²) in [4.78, 5) is 0. The SMILES string of the molecule is COCCOCCCC1(CCCOCCOC)c2cc(C)ccc2-c2c1c1c(c3cc(C)ccc23)OC(c2ccc(C)cc2)(c2ccc(OC)cc2)C=C1. The van der Waals surface area contributed by atoms with Crippen LogP contribution in [0.4, 0.5) is 0 Å². The van der Waals surface area contributed by atoms with E-state index in [1.54, 1.807) is 21.3 Å². The lowest BCUT2D eigenvalue weighted by molar-refractivity contribution is 0.0629. The summed E-state index contributed by atoms with van der Waals surface area (Å²) in [5.74, 6) is 1.74. The molecular formula is C48H54O6. The van der Waals surface area contributed by atoms with Crippen LogP contribution >= 0.6 is 0 Å². The normalized spacial score (nSPS) is 16.6. The summed E-state index contributed by atoms with van der Waals surface area (Å²) in [7, 11) is 5.14. The van der Waals surface area contributed by atoms with Crippen LogP contribution in [0.15, 0.2) is 91.0 Å². The van der Waals surface area contributed by atoms with Gasteiger partial charge in [-0.2, -0.15) is 0 Å². The second kappa shape index (κ2) is 16.5. The molecule has 5 aromatic rings. The molecule has 2 aliphatic rings. The molecule has 0 radical (unpaired) electrons. The van der Waals surface area contributed by atoms with Crippen LogP contribution < -0.4 is 9.47 Å². The van der Waals surface area contributed by atoms with Gasteiger partial charge in [0.05, 0.1) is 33.5 Å². The van der Waals surface area contributed by atoms with Gasteiger partial charge in [-0.3, -0.25) is 0 Å². The predicted molar refractivity (Wildman–Crippen MR) is 218 cm³/mol. The van der Waals surface area contributed by atoms with Gasteiger partial charge in [-0.25, -0.2) is 0 Å². The molecule has 0 aromatic heterocycles. The minimum absolute atomic E-state index is 0.285. The van der Waals surface area contributed by atoms with Crippen molar-refractivity contribution in [2.45, 2.75) is 57.5 Å². The Bertz CT molecular complexity index is 2080. The maximum atomic E-state index is 7.65. The van der Waals surface area contributed by atoms with Crippen LogP contribution in [-0.4, -0.2) is 61.0 Å². The summed E-state index contributed by atoms with van der Waals surface area (Å²) >= 11 is 0. The largest absolute Gasteiger partial charge is 0.497 e. The van der Waals surface area contributed by atoms with Crippen LogP contribution in [0.1, 0.15) is 70.2 Å². The average Bonchev–Trinajstić information content (AvgIpc) is 3.46. The quantitative estimate of drug-likeness (QED) is 0.0890. The number of hydrogen-bond acceptors (Lipinski definition) is 6. The van der Waals surface area contributed by atoms with Crippen LogP contribution in [-0.2, 0) is 30.0 Å². The Morgan fingerprint density at radius 1 is 0.593 bits per heavy atom. The maximum absolute atomic E-state index is 7.65. The highest BCUT2D eigenvalue weighted by Gasteiger charge is 2.48. The topological polar surface area (TPSA) is 55.4 Å². The van der Waals surface area contributed by atoms with Crippen LogP contribution in [0.3, 0.4) is 0 Å². The molecule has 6 nitrogen and oxygen atoms in total. The Labute approximate surface area is 321 Å². The number of rotatable bonds is 17. The number of methoxy groups -OCH3 is 3. The number of benzene rings is 5. The molecule has 1 heterocycles. The summed E-state index contributed by atoms with van der Waals surface area (Å²) in [5, 5.41) is 2.35. The highest BCUT2D eigenvalue weighted by Crippen LogP contribution is 2.61. The summed E-state index contributed by atoms with van der Waals surface area (Å²) in [6.45, 7) is 10.2. The van der Waals surface area contributed by atoms with Gasteiger partial charge >= 0.3 is 0 Å². The van der Waals surface area contributed by atoms with E-state index in [1.165, 1.54) is 44.3 Å². The summed E-state index contributed by atoms with van der Waals surface area (Å²) in [5.41, 5.74) is 11.2. The van der Waals surface area contributed by atoms with Crippen LogP contribution in [0.5, 0.6) is 11.5 Å². The first kappa shape index (κ1) is 37.8. The first-order valence-corrected chi connectivity index (χ1v) is 19.3. The fourth-order valence-corrected chi connectivity index (χ4v) is 8.64. The number of hydrogen-bond donors (Lipinski definition) is 0. The predicted octanol–water partition coefficient (Wildman–Crippen LogP) is 10.3. The second-order valence-corrected chi connectivity index (χ2v) is 14.9. The van der Waals surface area contributed by atoms with Gasteiger partial charge in [-0.15, -0.1) is 0 Å². The highest BCUT2D eigenvalue weighted by molar-refractivity contribution is 6.08. The van der Waals surface area contributed by atoms with Gasteiger partial charge in [0, 0.05) is 54.9 Å². The smallest absolute Gasteiger partial charge is 0.178 e. The molecule has 5 aromatic carbocycles. The van der Waals surface area contributed by atoms with E-state index in [0.29, 0.717) is 39.6 Å². The van der Waals surface area contributed by atoms with Crippen molar-refractivity contribution >= 4 is 16.8 Å². The molecule has 1 atom stereocenters. The third-order valence-electron chi connectivity index (χ3n) is 11.3. The van der Waals surface area contributed by atoms with E-state index in [-0.39, 0.29) is 5.41 Å². The van der Waals surface area contributed by atoms with Crippen molar-refractivity contribution < 1.29 is 28.4 Å². The van der Waals surface area contributed by atoms with Gasteiger partial charge < -0.3 is 28.4 Å². The Kier molecular flexibility index (Phi) is 11.6. The molecule has 0 bridgehead atoms. The Balaban J connectivity index is 1.45. The lowest BCUT2D eigenvalue weighted by Gasteiger charge is -2.40. The Morgan fingerprint density at radius 2 is 1.19 bits per heavy atom. The highest BCUT2D eigenvalue weighted by atomic mass is 16.5. The number of fused-ring (bicyclic) bond motifs is 8.